The van der Waals surface area contributed by atoms with Crippen molar-refractivity contribution in [2.75, 3.05) is 23.3 Å². The lowest BCUT2D eigenvalue weighted by molar-refractivity contribution is -0.0267. The molecule has 3 heterocycles. The van der Waals surface area contributed by atoms with E-state index in [-0.39, 0.29) is 23.4 Å². The third-order valence-corrected chi connectivity index (χ3v) is 6.50. The lowest BCUT2D eigenvalue weighted by Crippen LogP contribution is -2.57. The van der Waals surface area contributed by atoms with Gasteiger partial charge < -0.3 is 10.2 Å². The van der Waals surface area contributed by atoms with Crippen molar-refractivity contribution in [3.05, 3.63) is 83.1 Å². The highest BCUT2D eigenvalue weighted by molar-refractivity contribution is 5.63. The fourth-order valence-corrected chi connectivity index (χ4v) is 4.80. The van der Waals surface area contributed by atoms with Crippen molar-refractivity contribution in [3.63, 3.8) is 0 Å². The summed E-state index contributed by atoms with van der Waals surface area (Å²) in [5.41, 5.74) is 3.03. The number of anilines is 3. The summed E-state index contributed by atoms with van der Waals surface area (Å²) in [5.74, 6) is -2.61. The van der Waals surface area contributed by atoms with Crippen molar-refractivity contribution in [2.45, 2.75) is 31.6 Å². The molecule has 2 aliphatic rings. The standard InChI is InChI=1S/C25H21F4N7/c1-14-30-13-36(34-14)21-9-6-17(10-20(21)27)31-24-32-22-18(15-2-4-16(26)5-3-15)7-8-19(22)23(33-24)35-11-25(28,29)12-35/h2-6,9-10,13,18H,7-8,11-12H2,1H3,(H,31,32,33). The maximum atomic E-state index is 14.8. The number of aryl methyl sites for hydroxylation is 1. The van der Waals surface area contributed by atoms with Gasteiger partial charge in [-0.05, 0) is 55.7 Å². The van der Waals surface area contributed by atoms with Crippen LogP contribution in [0.5, 0.6) is 0 Å². The Morgan fingerprint density at radius 3 is 2.47 bits per heavy atom. The molecule has 0 bridgehead atoms. The summed E-state index contributed by atoms with van der Waals surface area (Å²) in [6.07, 6.45) is 2.75. The molecule has 1 aliphatic heterocycles. The summed E-state index contributed by atoms with van der Waals surface area (Å²) in [7, 11) is 0. The Balaban J connectivity index is 1.36. The Morgan fingerprint density at radius 1 is 1.03 bits per heavy atom. The second-order valence-corrected chi connectivity index (χ2v) is 9.12. The fourth-order valence-electron chi connectivity index (χ4n) is 4.80. The maximum absolute atomic E-state index is 14.8. The highest BCUT2D eigenvalue weighted by Crippen LogP contribution is 2.43. The monoisotopic (exact) mass is 495 g/mol. The van der Waals surface area contributed by atoms with Crippen molar-refractivity contribution in [2.24, 2.45) is 0 Å². The third kappa shape index (κ3) is 4.04. The topological polar surface area (TPSA) is 71.8 Å². The van der Waals surface area contributed by atoms with Gasteiger partial charge >= 0.3 is 0 Å². The second-order valence-electron chi connectivity index (χ2n) is 9.12. The zero-order valence-corrected chi connectivity index (χ0v) is 19.2. The van der Waals surface area contributed by atoms with E-state index in [2.05, 4.69) is 20.4 Å². The van der Waals surface area contributed by atoms with Gasteiger partial charge in [-0.1, -0.05) is 12.1 Å². The van der Waals surface area contributed by atoms with Gasteiger partial charge in [0.25, 0.3) is 5.92 Å². The van der Waals surface area contributed by atoms with E-state index < -0.39 is 24.8 Å². The van der Waals surface area contributed by atoms with E-state index in [1.165, 1.54) is 34.1 Å². The van der Waals surface area contributed by atoms with Crippen molar-refractivity contribution in [1.82, 2.24) is 24.7 Å². The Morgan fingerprint density at radius 2 is 1.81 bits per heavy atom. The third-order valence-electron chi connectivity index (χ3n) is 6.50. The van der Waals surface area contributed by atoms with Crippen LogP contribution in [0.1, 0.15) is 35.0 Å². The average Bonchev–Trinajstić information content (AvgIpc) is 3.44. The van der Waals surface area contributed by atoms with Crippen LogP contribution in [0.15, 0.2) is 48.8 Å². The summed E-state index contributed by atoms with van der Waals surface area (Å²) >= 11 is 0. The van der Waals surface area contributed by atoms with Crippen LogP contribution in [0.25, 0.3) is 5.69 Å². The number of aromatic nitrogens is 5. The first-order chi connectivity index (χ1) is 17.3. The van der Waals surface area contributed by atoms with E-state index in [0.717, 1.165) is 11.1 Å². The molecule has 0 radical (unpaired) electrons. The number of alkyl halides is 2. The zero-order valence-electron chi connectivity index (χ0n) is 19.2. The number of rotatable bonds is 5. The van der Waals surface area contributed by atoms with Gasteiger partial charge in [0.05, 0.1) is 18.8 Å². The number of halogens is 4. The van der Waals surface area contributed by atoms with E-state index in [4.69, 9.17) is 4.98 Å². The molecular weight excluding hydrogens is 474 g/mol. The number of fused-ring (bicyclic) bond motifs is 1. The van der Waals surface area contributed by atoms with Crippen molar-refractivity contribution in [3.8, 4) is 5.69 Å². The highest BCUT2D eigenvalue weighted by Gasteiger charge is 2.46. The lowest BCUT2D eigenvalue weighted by Gasteiger charge is -2.40. The first-order valence-electron chi connectivity index (χ1n) is 11.5. The Bertz CT molecular complexity index is 1440. The number of hydrogen-bond donors (Lipinski definition) is 1. The predicted octanol–water partition coefficient (Wildman–Crippen LogP) is 4.92. The Hall–Kier alpha value is -4.02. The summed E-state index contributed by atoms with van der Waals surface area (Å²) in [6.45, 7) is 0.871. The molecule has 1 saturated heterocycles. The van der Waals surface area contributed by atoms with Gasteiger partial charge in [0.2, 0.25) is 5.95 Å². The van der Waals surface area contributed by atoms with E-state index in [1.807, 2.05) is 0 Å². The van der Waals surface area contributed by atoms with Gasteiger partial charge in [0.15, 0.2) is 5.82 Å². The van der Waals surface area contributed by atoms with Gasteiger partial charge in [0, 0.05) is 17.2 Å². The van der Waals surface area contributed by atoms with E-state index in [1.54, 1.807) is 31.2 Å². The van der Waals surface area contributed by atoms with E-state index >= 15 is 0 Å². The molecule has 7 nitrogen and oxygen atoms in total. The van der Waals surface area contributed by atoms with Crippen molar-refractivity contribution >= 4 is 17.5 Å². The van der Waals surface area contributed by atoms with Crippen LogP contribution in [0.4, 0.5) is 35.0 Å². The number of benzene rings is 2. The fraction of sp³-hybridized carbons (Fsp3) is 0.280. The molecule has 0 spiro atoms. The highest BCUT2D eigenvalue weighted by atomic mass is 19.3. The molecule has 2 aromatic carbocycles. The molecule has 6 rings (SSSR count). The minimum Gasteiger partial charge on any atom is -0.344 e. The summed E-state index contributed by atoms with van der Waals surface area (Å²) in [5, 5.41) is 7.15. The molecule has 4 aromatic rings. The average molecular weight is 495 g/mol. The summed E-state index contributed by atoms with van der Waals surface area (Å²) in [4.78, 5) is 14.8. The molecule has 36 heavy (non-hydrogen) atoms. The largest absolute Gasteiger partial charge is 0.344 e. The first-order valence-corrected chi connectivity index (χ1v) is 11.5. The van der Waals surface area contributed by atoms with Gasteiger partial charge in [-0.25, -0.2) is 32.2 Å². The quantitative estimate of drug-likeness (QED) is 0.397. The van der Waals surface area contributed by atoms with E-state index in [0.29, 0.717) is 35.9 Å². The van der Waals surface area contributed by atoms with E-state index in [9.17, 15) is 17.6 Å². The van der Waals surface area contributed by atoms with Crippen LogP contribution in [-0.4, -0.2) is 43.7 Å². The number of hydrogen-bond acceptors (Lipinski definition) is 6. The van der Waals surface area contributed by atoms with Crippen LogP contribution >= 0.6 is 0 Å². The predicted molar refractivity (Wildman–Crippen MR) is 125 cm³/mol. The van der Waals surface area contributed by atoms with Crippen molar-refractivity contribution < 1.29 is 17.6 Å². The van der Waals surface area contributed by atoms with Crippen LogP contribution in [0, 0.1) is 18.6 Å². The second kappa shape index (κ2) is 8.28. The normalized spacial score (nSPS) is 18.1. The molecule has 0 amide bonds. The SMILES string of the molecule is Cc1ncn(-c2ccc(Nc3nc4c(c(N5CC(F)(F)C5)n3)CCC4c3ccc(F)cc3)cc2F)n1. The minimum atomic E-state index is -2.76. The van der Waals surface area contributed by atoms with Gasteiger partial charge in [0.1, 0.15) is 29.5 Å². The molecule has 1 fully saturated rings. The molecule has 1 unspecified atom stereocenters. The van der Waals surface area contributed by atoms with Crippen LogP contribution in [-0.2, 0) is 6.42 Å². The van der Waals surface area contributed by atoms with Crippen LogP contribution in [0.3, 0.4) is 0 Å². The van der Waals surface area contributed by atoms with Crippen LogP contribution in [0.2, 0.25) is 0 Å². The Kier molecular flexibility index (Phi) is 5.16. The molecule has 0 saturated carbocycles. The van der Waals surface area contributed by atoms with Crippen molar-refractivity contribution in [1.29, 1.82) is 0 Å². The molecule has 184 valence electrons. The smallest absolute Gasteiger partial charge is 0.282 e. The number of nitrogens with zero attached hydrogens (tertiary/aromatic N) is 6. The maximum Gasteiger partial charge on any atom is 0.282 e. The summed E-state index contributed by atoms with van der Waals surface area (Å²) in [6, 6.07) is 10.7. The minimum absolute atomic E-state index is 0.126. The van der Waals surface area contributed by atoms with Gasteiger partial charge in [-0.2, -0.15) is 10.1 Å². The van der Waals surface area contributed by atoms with Gasteiger partial charge in [-0.15, -0.1) is 0 Å². The lowest BCUT2D eigenvalue weighted by atomic mass is 9.96. The molecular formula is C25H21F4N7. The molecule has 2 aromatic heterocycles. The zero-order chi connectivity index (χ0) is 25.0. The first kappa shape index (κ1) is 22.4. The molecule has 11 heteroatoms. The Labute approximate surface area is 203 Å². The van der Waals surface area contributed by atoms with Crippen LogP contribution < -0.4 is 10.2 Å². The molecule has 1 aliphatic carbocycles. The summed E-state index contributed by atoms with van der Waals surface area (Å²) < 4.78 is 57.1. The van der Waals surface area contributed by atoms with Gasteiger partial charge in [-0.3, -0.25) is 0 Å². The molecule has 1 atom stereocenters. The molecule has 1 N–H and O–H groups in total. The number of nitrogens with one attached hydrogen (secondary N) is 1.